The molecular formula is C19H15ClN4O4S. The lowest BCUT2D eigenvalue weighted by Gasteiger charge is -2.12. The van der Waals surface area contributed by atoms with E-state index in [0.717, 1.165) is 10.9 Å². The number of aromatic nitrogens is 4. The van der Waals surface area contributed by atoms with Gasteiger partial charge >= 0.3 is 0 Å². The topological polar surface area (TPSA) is 92.4 Å². The average molecular weight is 431 g/mol. The molecule has 0 radical (unpaired) electrons. The first-order chi connectivity index (χ1) is 14.1. The summed E-state index contributed by atoms with van der Waals surface area (Å²) < 4.78 is 21.9. The smallest absolute Gasteiger partial charge is 0.283 e. The molecule has 0 fully saturated rings. The Kier molecular flexibility index (Phi) is 5.41. The van der Waals surface area contributed by atoms with Gasteiger partial charge in [0.15, 0.2) is 11.5 Å². The molecule has 0 N–H and O–H groups in total. The summed E-state index contributed by atoms with van der Waals surface area (Å²) >= 11 is 7.34. The monoisotopic (exact) mass is 430 g/mol. The highest BCUT2D eigenvalue weighted by atomic mass is 35.5. The van der Waals surface area contributed by atoms with E-state index in [0.29, 0.717) is 44.0 Å². The first-order valence-electron chi connectivity index (χ1n) is 8.35. The van der Waals surface area contributed by atoms with E-state index in [1.54, 1.807) is 45.6 Å². The third-order valence-electron chi connectivity index (χ3n) is 4.06. The van der Waals surface area contributed by atoms with E-state index >= 15 is 0 Å². The van der Waals surface area contributed by atoms with Gasteiger partial charge in [0.2, 0.25) is 11.6 Å². The molecule has 10 heteroatoms. The van der Waals surface area contributed by atoms with Gasteiger partial charge in [0, 0.05) is 16.0 Å². The average Bonchev–Trinajstić information content (AvgIpc) is 3.21. The van der Waals surface area contributed by atoms with E-state index in [4.69, 9.17) is 30.2 Å². The van der Waals surface area contributed by atoms with Gasteiger partial charge in [-0.25, -0.2) is 9.97 Å². The molecular weight excluding hydrogens is 416 g/mol. The molecule has 4 aromatic rings. The standard InChI is InChI=1S/C19H15ClN4O4S/c1-25-14-6-10(7-15(26-2)16(14)27-3)17-23-24-19(28-17)29-18-12-8-11(20)4-5-13(12)21-9-22-18/h4-9H,1-3H3. The number of hydrogen-bond donors (Lipinski definition) is 0. The zero-order valence-corrected chi connectivity index (χ0v) is 17.2. The molecule has 0 amide bonds. The number of hydrogen-bond acceptors (Lipinski definition) is 9. The maximum absolute atomic E-state index is 6.11. The number of halogens is 1. The largest absolute Gasteiger partial charge is 0.493 e. The van der Waals surface area contributed by atoms with Crippen LogP contribution in [0.1, 0.15) is 0 Å². The third-order valence-corrected chi connectivity index (χ3v) is 5.16. The molecule has 0 unspecified atom stereocenters. The van der Waals surface area contributed by atoms with Crippen LogP contribution >= 0.6 is 23.4 Å². The first kappa shape index (κ1) is 19.3. The molecule has 2 aromatic heterocycles. The molecule has 0 atom stereocenters. The van der Waals surface area contributed by atoms with Crippen LogP contribution in [-0.2, 0) is 0 Å². The minimum atomic E-state index is 0.308. The number of ether oxygens (including phenoxy) is 3. The van der Waals surface area contributed by atoms with Crippen LogP contribution in [0.4, 0.5) is 0 Å². The number of benzene rings is 2. The molecule has 0 spiro atoms. The van der Waals surface area contributed by atoms with Gasteiger partial charge in [-0.2, -0.15) is 0 Å². The lowest BCUT2D eigenvalue weighted by molar-refractivity contribution is 0.324. The molecule has 2 heterocycles. The van der Waals surface area contributed by atoms with Gasteiger partial charge in [-0.1, -0.05) is 11.6 Å². The van der Waals surface area contributed by atoms with Crippen molar-refractivity contribution in [3.05, 3.63) is 41.7 Å². The Morgan fingerprint density at radius 3 is 2.38 bits per heavy atom. The van der Waals surface area contributed by atoms with Crippen LogP contribution in [0, 0.1) is 0 Å². The molecule has 0 aliphatic heterocycles. The predicted octanol–water partition coefficient (Wildman–Crippen LogP) is 4.51. The summed E-state index contributed by atoms with van der Waals surface area (Å²) in [4.78, 5) is 8.55. The lowest BCUT2D eigenvalue weighted by Crippen LogP contribution is -1.95. The van der Waals surface area contributed by atoms with E-state index in [2.05, 4.69) is 20.2 Å². The number of methoxy groups -OCH3 is 3. The summed E-state index contributed by atoms with van der Waals surface area (Å²) in [6, 6.07) is 8.89. The molecule has 0 bridgehead atoms. The van der Waals surface area contributed by atoms with Crippen LogP contribution < -0.4 is 14.2 Å². The van der Waals surface area contributed by atoms with Crippen LogP contribution in [0.5, 0.6) is 17.2 Å². The Morgan fingerprint density at radius 2 is 1.69 bits per heavy atom. The van der Waals surface area contributed by atoms with Crippen LogP contribution in [-0.4, -0.2) is 41.5 Å². The van der Waals surface area contributed by atoms with Crippen LogP contribution in [0.3, 0.4) is 0 Å². The Labute approximate surface area is 175 Å². The zero-order valence-electron chi connectivity index (χ0n) is 15.7. The molecule has 0 saturated carbocycles. The van der Waals surface area contributed by atoms with E-state index < -0.39 is 0 Å². The summed E-state index contributed by atoms with van der Waals surface area (Å²) in [7, 11) is 4.63. The summed E-state index contributed by atoms with van der Waals surface area (Å²) in [6.45, 7) is 0. The Balaban J connectivity index is 1.69. The van der Waals surface area contributed by atoms with E-state index in [9.17, 15) is 0 Å². The highest BCUT2D eigenvalue weighted by molar-refractivity contribution is 7.99. The van der Waals surface area contributed by atoms with Gasteiger partial charge < -0.3 is 18.6 Å². The molecule has 29 heavy (non-hydrogen) atoms. The van der Waals surface area contributed by atoms with E-state index in [1.807, 2.05) is 6.07 Å². The van der Waals surface area contributed by atoms with Crippen molar-refractivity contribution in [2.45, 2.75) is 10.2 Å². The summed E-state index contributed by atoms with van der Waals surface area (Å²) in [5.74, 6) is 1.77. The van der Waals surface area contributed by atoms with Crippen molar-refractivity contribution < 1.29 is 18.6 Å². The van der Waals surface area contributed by atoms with Crippen LogP contribution in [0.2, 0.25) is 5.02 Å². The maximum atomic E-state index is 6.11. The molecule has 8 nitrogen and oxygen atoms in total. The van der Waals surface area contributed by atoms with Crippen molar-refractivity contribution in [3.63, 3.8) is 0 Å². The second-order valence-electron chi connectivity index (χ2n) is 5.73. The highest BCUT2D eigenvalue weighted by Crippen LogP contribution is 2.41. The fraction of sp³-hybridized carbons (Fsp3) is 0.158. The van der Waals surface area contributed by atoms with Crippen molar-refractivity contribution >= 4 is 34.3 Å². The first-order valence-corrected chi connectivity index (χ1v) is 9.54. The van der Waals surface area contributed by atoms with Gasteiger partial charge in [-0.3, -0.25) is 0 Å². The normalized spacial score (nSPS) is 10.9. The number of fused-ring (bicyclic) bond motifs is 1. The molecule has 148 valence electrons. The van der Waals surface area contributed by atoms with Crippen molar-refractivity contribution in [3.8, 4) is 28.7 Å². The maximum Gasteiger partial charge on any atom is 0.283 e. The van der Waals surface area contributed by atoms with Crippen molar-refractivity contribution in [2.75, 3.05) is 21.3 Å². The minimum absolute atomic E-state index is 0.308. The Hall–Kier alpha value is -3.04. The van der Waals surface area contributed by atoms with E-state index in [-0.39, 0.29) is 0 Å². The second kappa shape index (κ2) is 8.14. The number of rotatable bonds is 6. The molecule has 0 aliphatic rings. The highest BCUT2D eigenvalue weighted by Gasteiger charge is 2.18. The number of nitrogens with zero attached hydrogens (tertiary/aromatic N) is 4. The van der Waals surface area contributed by atoms with Gasteiger partial charge in [0.25, 0.3) is 5.22 Å². The fourth-order valence-corrected chi connectivity index (χ4v) is 3.65. The second-order valence-corrected chi connectivity index (χ2v) is 7.11. The summed E-state index contributed by atoms with van der Waals surface area (Å²) in [5, 5.41) is 10.6. The quantitative estimate of drug-likeness (QED) is 0.409. The van der Waals surface area contributed by atoms with Crippen LogP contribution in [0.25, 0.3) is 22.4 Å². The molecule has 2 aromatic carbocycles. The van der Waals surface area contributed by atoms with Crippen molar-refractivity contribution in [1.82, 2.24) is 20.2 Å². The molecule has 4 rings (SSSR count). The molecule has 0 aliphatic carbocycles. The fourth-order valence-electron chi connectivity index (χ4n) is 2.74. The Morgan fingerprint density at radius 1 is 0.931 bits per heavy atom. The van der Waals surface area contributed by atoms with Gasteiger partial charge in [-0.15, -0.1) is 10.2 Å². The summed E-state index contributed by atoms with van der Waals surface area (Å²) in [6.07, 6.45) is 1.48. The van der Waals surface area contributed by atoms with Gasteiger partial charge in [0.1, 0.15) is 11.4 Å². The lowest BCUT2D eigenvalue weighted by atomic mass is 10.2. The Bertz CT molecular complexity index is 1160. The van der Waals surface area contributed by atoms with Crippen molar-refractivity contribution in [2.24, 2.45) is 0 Å². The summed E-state index contributed by atoms with van der Waals surface area (Å²) in [5.41, 5.74) is 1.41. The zero-order chi connectivity index (χ0) is 20.4. The SMILES string of the molecule is COc1cc(-c2nnc(Sc3ncnc4ccc(Cl)cc34)o2)cc(OC)c1OC. The third kappa shape index (κ3) is 3.79. The minimum Gasteiger partial charge on any atom is -0.493 e. The van der Waals surface area contributed by atoms with Crippen LogP contribution in [0.15, 0.2) is 51.3 Å². The predicted molar refractivity (Wildman–Crippen MR) is 108 cm³/mol. The molecule has 0 saturated heterocycles. The van der Waals surface area contributed by atoms with Crippen molar-refractivity contribution in [1.29, 1.82) is 0 Å². The van der Waals surface area contributed by atoms with E-state index in [1.165, 1.54) is 18.1 Å². The van der Waals surface area contributed by atoms with Gasteiger partial charge in [0.05, 0.1) is 26.8 Å². The van der Waals surface area contributed by atoms with Gasteiger partial charge in [-0.05, 0) is 42.1 Å².